The van der Waals surface area contributed by atoms with Crippen LogP contribution in [0.4, 0.5) is 0 Å². The Kier molecular flexibility index (Phi) is 5.29. The topological polar surface area (TPSA) is 174 Å². The minimum absolute atomic E-state index is 0.0155. The third-order valence-electron chi connectivity index (χ3n) is 8.24. The molecule has 0 saturated carbocycles. The summed E-state index contributed by atoms with van der Waals surface area (Å²) >= 11 is 0. The van der Waals surface area contributed by atoms with Crippen LogP contribution in [0.3, 0.4) is 0 Å². The molecule has 2 heterocycles. The van der Waals surface area contributed by atoms with Crippen LogP contribution >= 0.6 is 0 Å². The summed E-state index contributed by atoms with van der Waals surface area (Å²) in [6, 6.07) is 4.65. The van der Waals surface area contributed by atoms with E-state index in [0.29, 0.717) is 0 Å². The van der Waals surface area contributed by atoms with E-state index in [0.717, 1.165) is 12.1 Å². The second kappa shape index (κ2) is 8.32. The van der Waals surface area contributed by atoms with Gasteiger partial charge in [0.15, 0.2) is 11.6 Å². The van der Waals surface area contributed by atoms with E-state index in [1.54, 1.807) is 27.7 Å². The lowest BCUT2D eigenvalue weighted by Crippen LogP contribution is -2.33. The van der Waals surface area contributed by atoms with Crippen LogP contribution in [0, 0.1) is 11.8 Å². The van der Waals surface area contributed by atoms with Crippen LogP contribution in [0.1, 0.15) is 48.4 Å². The van der Waals surface area contributed by atoms with Gasteiger partial charge in [-0.25, -0.2) is 0 Å². The van der Waals surface area contributed by atoms with Gasteiger partial charge in [0.1, 0.15) is 69.3 Å². The molecule has 0 spiro atoms. The van der Waals surface area contributed by atoms with Crippen molar-refractivity contribution in [2.75, 3.05) is 0 Å². The van der Waals surface area contributed by atoms with Gasteiger partial charge in [-0.2, -0.15) is 0 Å². The number of fused-ring (bicyclic) bond motifs is 4. The Morgan fingerprint density at radius 1 is 0.525 bits per heavy atom. The molecule has 0 fully saturated rings. The molecule has 0 saturated heterocycles. The minimum Gasteiger partial charge on any atom is -0.507 e. The smallest absolute Gasteiger partial charge is 0.176 e. The van der Waals surface area contributed by atoms with Crippen LogP contribution in [-0.2, 0) is 0 Å². The molecule has 2 aliphatic rings. The molecule has 10 heteroatoms. The fraction of sp³-hybridized carbons (Fsp3) is 0.267. The highest BCUT2D eigenvalue weighted by Crippen LogP contribution is 2.55. The largest absolute Gasteiger partial charge is 0.507 e. The van der Waals surface area contributed by atoms with Crippen LogP contribution in [-0.4, -0.2) is 54.4 Å². The van der Waals surface area contributed by atoms with E-state index in [9.17, 15) is 40.2 Å². The normalized spacial score (nSPS) is 22.1. The fourth-order valence-electron chi connectivity index (χ4n) is 5.70. The van der Waals surface area contributed by atoms with E-state index in [4.69, 9.17) is 9.47 Å². The number of aromatic hydroxyl groups is 6. The number of ketones is 2. The molecular weight excluding hydrogens is 520 g/mol. The van der Waals surface area contributed by atoms with E-state index >= 15 is 0 Å². The molecule has 0 bridgehead atoms. The van der Waals surface area contributed by atoms with Crippen molar-refractivity contribution < 1.29 is 49.7 Å². The quantitative estimate of drug-likeness (QED) is 0.189. The summed E-state index contributed by atoms with van der Waals surface area (Å²) in [5, 5.41) is 65.7. The van der Waals surface area contributed by atoms with Gasteiger partial charge in [0.25, 0.3) is 0 Å². The van der Waals surface area contributed by atoms with Crippen molar-refractivity contribution in [3.8, 4) is 57.1 Å². The summed E-state index contributed by atoms with van der Waals surface area (Å²) in [6.07, 6.45) is -1.06. The van der Waals surface area contributed by atoms with Gasteiger partial charge >= 0.3 is 0 Å². The maximum absolute atomic E-state index is 13.0. The minimum atomic E-state index is -0.568. The number of benzene rings is 4. The lowest BCUT2D eigenvalue weighted by Gasteiger charge is -2.30. The highest BCUT2D eigenvalue weighted by Gasteiger charge is 2.38. The van der Waals surface area contributed by atoms with E-state index in [-0.39, 0.29) is 66.9 Å². The van der Waals surface area contributed by atoms with E-state index in [1.165, 1.54) is 12.1 Å². The summed E-state index contributed by atoms with van der Waals surface area (Å²) < 4.78 is 11.8. The highest BCUT2D eigenvalue weighted by molar-refractivity contribution is 6.19. The van der Waals surface area contributed by atoms with Gasteiger partial charge in [-0.15, -0.1) is 0 Å². The first-order chi connectivity index (χ1) is 18.8. The molecule has 6 rings (SSSR count). The number of Topliss-reactive ketones (excluding diaryl/α,β-unsaturated/α-hetero) is 2. The van der Waals surface area contributed by atoms with Crippen molar-refractivity contribution in [1.82, 2.24) is 0 Å². The molecule has 0 radical (unpaired) electrons. The van der Waals surface area contributed by atoms with Crippen molar-refractivity contribution in [3.05, 3.63) is 35.4 Å². The number of carbonyl (C=O) groups is 2. The van der Waals surface area contributed by atoms with Crippen LogP contribution in [0.15, 0.2) is 24.3 Å². The molecule has 0 aromatic heterocycles. The van der Waals surface area contributed by atoms with E-state index in [1.807, 2.05) is 0 Å². The van der Waals surface area contributed by atoms with Gasteiger partial charge in [0.2, 0.25) is 0 Å². The number of hydrogen-bond acceptors (Lipinski definition) is 10. The molecule has 2 aliphatic heterocycles. The number of phenolic OH excluding ortho intramolecular Hbond substituents is 6. The first-order valence-corrected chi connectivity index (χ1v) is 12.7. The Morgan fingerprint density at radius 3 is 1.23 bits per heavy atom. The predicted molar refractivity (Wildman–Crippen MR) is 144 cm³/mol. The number of phenols is 6. The van der Waals surface area contributed by atoms with Gasteiger partial charge in [-0.3, -0.25) is 9.59 Å². The molecule has 4 aromatic carbocycles. The molecular formula is C30H26O10. The second-order valence-electron chi connectivity index (χ2n) is 10.6. The lowest BCUT2D eigenvalue weighted by molar-refractivity contribution is 0.0716. The second-order valence-corrected chi connectivity index (χ2v) is 10.6. The number of rotatable bonds is 1. The molecule has 0 aliphatic carbocycles. The summed E-state index contributed by atoms with van der Waals surface area (Å²) in [6.45, 7) is 6.71. The zero-order valence-electron chi connectivity index (χ0n) is 21.9. The van der Waals surface area contributed by atoms with Crippen molar-refractivity contribution in [2.24, 2.45) is 11.8 Å². The van der Waals surface area contributed by atoms with Crippen molar-refractivity contribution in [3.63, 3.8) is 0 Å². The molecule has 4 aromatic rings. The number of ether oxygens (including phenoxy) is 2. The Balaban J connectivity index is 1.76. The Hall–Kier alpha value is -4.86. The fourth-order valence-corrected chi connectivity index (χ4v) is 5.70. The zero-order chi connectivity index (χ0) is 28.9. The van der Waals surface area contributed by atoms with Gasteiger partial charge in [-0.05, 0) is 26.0 Å². The Labute approximate surface area is 227 Å². The Bertz CT molecular complexity index is 1690. The molecule has 4 atom stereocenters. The number of carbonyl (C=O) groups excluding carboxylic acids is 2. The average molecular weight is 547 g/mol. The standard InChI is InChI=1S/C30H26O10/c1-9-11(3)39-19-5-13-21(15(31)7-17(33)23(13)29(37)25(19)27(9)35)22-14-6-20-26(28(36)10(2)12(4)40-20)30(38)24(14)18(34)8-16(22)32/h5-12,31-34,37-38H,1-4H3/t9-,10+,11+,12-. The highest BCUT2D eigenvalue weighted by atomic mass is 16.5. The van der Waals surface area contributed by atoms with Gasteiger partial charge in [0, 0.05) is 34.0 Å². The third-order valence-corrected chi connectivity index (χ3v) is 8.24. The van der Waals surface area contributed by atoms with Crippen LogP contribution in [0.2, 0.25) is 0 Å². The van der Waals surface area contributed by atoms with Crippen molar-refractivity contribution in [2.45, 2.75) is 39.9 Å². The molecule has 206 valence electrons. The molecule has 6 N–H and O–H groups in total. The maximum atomic E-state index is 13.0. The molecule has 10 nitrogen and oxygen atoms in total. The first-order valence-electron chi connectivity index (χ1n) is 12.7. The van der Waals surface area contributed by atoms with Gasteiger partial charge < -0.3 is 40.1 Å². The monoisotopic (exact) mass is 546 g/mol. The van der Waals surface area contributed by atoms with Crippen molar-refractivity contribution >= 4 is 33.1 Å². The Morgan fingerprint density at radius 2 is 0.875 bits per heavy atom. The first kappa shape index (κ1) is 25.4. The summed E-state index contributed by atoms with van der Waals surface area (Å²) in [4.78, 5) is 26.1. The van der Waals surface area contributed by atoms with Crippen molar-refractivity contribution in [1.29, 1.82) is 0 Å². The van der Waals surface area contributed by atoms with Crippen LogP contribution < -0.4 is 9.47 Å². The summed E-state index contributed by atoms with van der Waals surface area (Å²) in [5.41, 5.74) is -0.435. The van der Waals surface area contributed by atoms with E-state index < -0.39 is 58.5 Å². The molecule has 0 unspecified atom stereocenters. The lowest BCUT2D eigenvalue weighted by atomic mass is 9.84. The van der Waals surface area contributed by atoms with Gasteiger partial charge in [-0.1, -0.05) is 13.8 Å². The third kappa shape index (κ3) is 3.22. The summed E-state index contributed by atoms with van der Waals surface area (Å²) in [5.74, 6) is -5.10. The average Bonchev–Trinajstić information content (AvgIpc) is 2.86. The zero-order valence-corrected chi connectivity index (χ0v) is 21.9. The molecule has 40 heavy (non-hydrogen) atoms. The van der Waals surface area contributed by atoms with Gasteiger partial charge in [0.05, 0.1) is 22.6 Å². The van der Waals surface area contributed by atoms with Crippen LogP contribution in [0.25, 0.3) is 32.7 Å². The SMILES string of the molecule is C[C@@H]1Oc2cc3c(-c4c(O)cc(O)c5c(O)c6c(cc45)O[C@H](C)[C@H](C)C6=O)c(O)cc(O)c3c(O)c2C(=O)[C@@H]1C. The molecule has 0 amide bonds. The van der Waals surface area contributed by atoms with Crippen LogP contribution in [0.5, 0.6) is 46.0 Å². The predicted octanol–water partition coefficient (Wildman–Crippen LogP) is 5.09. The number of hydrogen-bond donors (Lipinski definition) is 6. The maximum Gasteiger partial charge on any atom is 0.176 e. The van der Waals surface area contributed by atoms with E-state index in [2.05, 4.69) is 0 Å². The summed E-state index contributed by atoms with van der Waals surface area (Å²) in [7, 11) is 0.